The van der Waals surface area contributed by atoms with Gasteiger partial charge in [-0.25, -0.2) is 22.8 Å². The Kier molecular flexibility index (Phi) is 6.34. The molecule has 0 aliphatic heterocycles. The van der Waals surface area contributed by atoms with Crippen molar-refractivity contribution in [2.75, 3.05) is 30.0 Å². The van der Waals surface area contributed by atoms with Gasteiger partial charge in [-0.1, -0.05) is 24.3 Å². The van der Waals surface area contributed by atoms with Crippen molar-refractivity contribution in [3.05, 3.63) is 60.5 Å². The molecule has 0 unspecified atom stereocenters. The summed E-state index contributed by atoms with van der Waals surface area (Å²) in [6, 6.07) is 13.1. The first-order valence-electron chi connectivity index (χ1n) is 11.2. The average Bonchev–Trinajstić information content (AvgIpc) is 3.37. The van der Waals surface area contributed by atoms with Crippen LogP contribution in [0.25, 0.3) is 44.3 Å². The molecule has 190 valence electrons. The van der Waals surface area contributed by atoms with Crippen LogP contribution in [0, 0.1) is 5.82 Å². The number of rotatable bonds is 8. The highest BCUT2D eigenvalue weighted by molar-refractivity contribution is 7.92. The number of halogens is 2. The molecule has 0 saturated carbocycles. The lowest BCUT2D eigenvalue weighted by atomic mass is 10.0. The largest absolute Gasteiger partial charge is 0.494 e. The van der Waals surface area contributed by atoms with Crippen molar-refractivity contribution in [1.82, 2.24) is 20.2 Å². The summed E-state index contributed by atoms with van der Waals surface area (Å²) in [4.78, 5) is 9.17. The molecule has 2 aromatic heterocycles. The molecular formula is C25H22F2N6O3S. The second-order valence-electron chi connectivity index (χ2n) is 8.27. The summed E-state index contributed by atoms with van der Waals surface area (Å²) in [5.41, 5.74) is 8.55. The highest BCUT2D eigenvalue weighted by Crippen LogP contribution is 2.37. The van der Waals surface area contributed by atoms with Crippen molar-refractivity contribution in [3.63, 3.8) is 0 Å². The molecule has 0 fully saturated rings. The molecule has 0 saturated heterocycles. The molecule has 0 amide bonds. The molecule has 0 aliphatic carbocycles. The Hall–Kier alpha value is -4.32. The second-order valence-corrected chi connectivity index (χ2v) is 10.1. The van der Waals surface area contributed by atoms with E-state index >= 15 is 4.39 Å². The summed E-state index contributed by atoms with van der Waals surface area (Å²) in [7, 11) is -2.46. The number of aromatic amines is 1. The van der Waals surface area contributed by atoms with E-state index in [1.165, 1.54) is 25.3 Å². The van der Waals surface area contributed by atoms with Gasteiger partial charge in [0.2, 0.25) is 10.0 Å². The number of anilines is 2. The third kappa shape index (κ3) is 4.62. The maximum absolute atomic E-state index is 15.4. The first kappa shape index (κ1) is 24.4. The highest BCUT2D eigenvalue weighted by atomic mass is 32.2. The van der Waals surface area contributed by atoms with Crippen molar-refractivity contribution in [1.29, 1.82) is 0 Å². The minimum absolute atomic E-state index is 0.109. The first-order valence-corrected chi connectivity index (χ1v) is 12.9. The van der Waals surface area contributed by atoms with Crippen LogP contribution in [0.2, 0.25) is 0 Å². The molecule has 2 heterocycles. The van der Waals surface area contributed by atoms with E-state index in [-0.39, 0.29) is 23.5 Å². The summed E-state index contributed by atoms with van der Waals surface area (Å²) in [5, 5.41) is 8.24. The number of hydrogen-bond acceptors (Lipinski definition) is 7. The fourth-order valence-corrected chi connectivity index (χ4v) is 5.20. The normalized spacial score (nSPS) is 11.8. The molecule has 0 aliphatic rings. The van der Waals surface area contributed by atoms with Gasteiger partial charge in [-0.15, -0.1) is 0 Å². The Morgan fingerprint density at radius 1 is 1.08 bits per heavy atom. The van der Waals surface area contributed by atoms with Gasteiger partial charge in [0.25, 0.3) is 0 Å². The lowest BCUT2D eigenvalue weighted by Gasteiger charge is -2.14. The highest BCUT2D eigenvalue weighted by Gasteiger charge is 2.19. The lowest BCUT2D eigenvalue weighted by Crippen LogP contribution is -2.18. The van der Waals surface area contributed by atoms with Gasteiger partial charge in [0.1, 0.15) is 17.1 Å². The molecule has 0 radical (unpaired) electrons. The van der Waals surface area contributed by atoms with Crippen LogP contribution in [0.4, 0.5) is 20.3 Å². The van der Waals surface area contributed by atoms with E-state index in [0.29, 0.717) is 28.0 Å². The van der Waals surface area contributed by atoms with Gasteiger partial charge in [0, 0.05) is 21.9 Å². The van der Waals surface area contributed by atoms with Crippen molar-refractivity contribution < 1.29 is 21.9 Å². The van der Waals surface area contributed by atoms with Gasteiger partial charge in [0.15, 0.2) is 11.6 Å². The van der Waals surface area contributed by atoms with Crippen molar-refractivity contribution in [3.8, 4) is 28.3 Å². The standard InChI is InChI=1S/C25H22F2N6O3S/c1-36-21-12-14(15-5-2-8-20(22(15)27)33-37(34,35)10-4-9-26)11-17-23(21)30-25(31-24(17)28)16-6-3-7-19-18(16)13-29-32-19/h2-3,5-8,11-13,33H,4,9-10H2,1H3,(H,29,32)(H2,28,30,31). The monoisotopic (exact) mass is 524 g/mol. The van der Waals surface area contributed by atoms with E-state index in [1.807, 2.05) is 18.2 Å². The molecule has 4 N–H and O–H groups in total. The molecule has 0 bridgehead atoms. The van der Waals surface area contributed by atoms with Crippen molar-refractivity contribution in [2.45, 2.75) is 6.42 Å². The first-order chi connectivity index (χ1) is 17.8. The van der Waals surface area contributed by atoms with Crippen LogP contribution >= 0.6 is 0 Å². The van der Waals surface area contributed by atoms with Crippen LogP contribution < -0.4 is 15.2 Å². The van der Waals surface area contributed by atoms with Gasteiger partial charge in [-0.2, -0.15) is 5.10 Å². The minimum Gasteiger partial charge on any atom is -0.494 e. The maximum atomic E-state index is 15.4. The van der Waals surface area contributed by atoms with E-state index < -0.39 is 28.3 Å². The van der Waals surface area contributed by atoms with Crippen LogP contribution in [0.1, 0.15) is 6.42 Å². The number of benzene rings is 3. The molecule has 5 aromatic rings. The Bertz CT molecular complexity index is 1740. The number of sulfonamides is 1. The third-order valence-electron chi connectivity index (χ3n) is 5.86. The number of alkyl halides is 1. The van der Waals surface area contributed by atoms with E-state index in [4.69, 9.17) is 10.5 Å². The molecule has 5 rings (SSSR count). The number of nitrogens with two attached hydrogens (primary N) is 1. The van der Waals surface area contributed by atoms with Crippen LogP contribution in [0.5, 0.6) is 5.75 Å². The number of nitrogens with zero attached hydrogens (tertiary/aromatic N) is 3. The van der Waals surface area contributed by atoms with Crippen LogP contribution in [0.3, 0.4) is 0 Å². The number of fused-ring (bicyclic) bond motifs is 2. The zero-order valence-corrected chi connectivity index (χ0v) is 20.4. The fraction of sp³-hybridized carbons (Fsp3) is 0.160. The lowest BCUT2D eigenvalue weighted by molar-refractivity contribution is 0.419. The average molecular weight is 525 g/mol. The number of nitrogen functional groups attached to an aromatic ring is 1. The number of hydrogen-bond donors (Lipinski definition) is 3. The van der Waals surface area contributed by atoms with Crippen LogP contribution in [-0.2, 0) is 10.0 Å². The zero-order valence-electron chi connectivity index (χ0n) is 19.6. The van der Waals surface area contributed by atoms with E-state index in [1.54, 1.807) is 18.3 Å². The smallest absolute Gasteiger partial charge is 0.232 e. The Balaban J connectivity index is 1.61. The number of aromatic nitrogens is 4. The predicted octanol–water partition coefficient (Wildman–Crippen LogP) is 4.67. The SMILES string of the molecule is COc1cc(-c2cccc(NS(=O)(=O)CCCF)c2F)cc2c(N)nc(-c3cccc4[nH]ncc34)nc12. The Morgan fingerprint density at radius 3 is 2.65 bits per heavy atom. The molecule has 12 heteroatoms. The molecule has 0 atom stereocenters. The Morgan fingerprint density at radius 2 is 1.86 bits per heavy atom. The predicted molar refractivity (Wildman–Crippen MR) is 139 cm³/mol. The summed E-state index contributed by atoms with van der Waals surface area (Å²) in [6.07, 6.45) is 1.49. The zero-order chi connectivity index (χ0) is 26.2. The summed E-state index contributed by atoms with van der Waals surface area (Å²) in [6.45, 7) is -0.789. The van der Waals surface area contributed by atoms with Gasteiger partial charge in [-0.05, 0) is 36.2 Å². The molecule has 9 nitrogen and oxygen atoms in total. The number of H-pyrrole nitrogens is 1. The number of ether oxygens (including phenoxy) is 1. The molecule has 0 spiro atoms. The molecule has 3 aromatic carbocycles. The number of nitrogens with one attached hydrogen (secondary N) is 2. The van der Waals surface area contributed by atoms with Gasteiger partial charge in [0.05, 0.1) is 36.9 Å². The summed E-state index contributed by atoms with van der Waals surface area (Å²) >= 11 is 0. The summed E-state index contributed by atoms with van der Waals surface area (Å²) < 4.78 is 60.0. The van der Waals surface area contributed by atoms with E-state index in [0.717, 1.165) is 16.5 Å². The Labute approximate surface area is 210 Å². The van der Waals surface area contributed by atoms with Crippen molar-refractivity contribution >= 4 is 43.3 Å². The van der Waals surface area contributed by atoms with Crippen LogP contribution in [-0.4, -0.2) is 48.1 Å². The maximum Gasteiger partial charge on any atom is 0.232 e. The third-order valence-corrected chi connectivity index (χ3v) is 7.22. The van der Waals surface area contributed by atoms with Crippen LogP contribution in [0.15, 0.2) is 54.7 Å². The fourth-order valence-electron chi connectivity index (χ4n) is 4.12. The quantitative estimate of drug-likeness (QED) is 0.268. The van der Waals surface area contributed by atoms with E-state index in [2.05, 4.69) is 24.9 Å². The van der Waals surface area contributed by atoms with Gasteiger partial charge >= 0.3 is 0 Å². The van der Waals surface area contributed by atoms with Crippen molar-refractivity contribution in [2.24, 2.45) is 0 Å². The minimum atomic E-state index is -3.92. The van der Waals surface area contributed by atoms with Gasteiger partial charge in [-0.3, -0.25) is 14.2 Å². The van der Waals surface area contributed by atoms with Gasteiger partial charge < -0.3 is 10.5 Å². The molecular weight excluding hydrogens is 502 g/mol. The van der Waals surface area contributed by atoms with E-state index in [9.17, 15) is 12.8 Å². The summed E-state index contributed by atoms with van der Waals surface area (Å²) in [5.74, 6) is -0.395. The number of methoxy groups -OCH3 is 1. The second kappa shape index (κ2) is 9.62. The molecule has 37 heavy (non-hydrogen) atoms. The topological polar surface area (TPSA) is 136 Å².